The summed E-state index contributed by atoms with van der Waals surface area (Å²) in [6.45, 7) is 1.04. The van der Waals surface area contributed by atoms with Crippen LogP contribution in [-0.4, -0.2) is 30.3 Å². The van der Waals surface area contributed by atoms with Crippen molar-refractivity contribution in [3.63, 3.8) is 0 Å². The molecule has 1 aromatic carbocycles. The molecule has 0 saturated carbocycles. The number of benzene rings is 1. The summed E-state index contributed by atoms with van der Waals surface area (Å²) in [6, 6.07) is 9.74. The van der Waals surface area contributed by atoms with Gasteiger partial charge in [-0.15, -0.1) is 0 Å². The Morgan fingerprint density at radius 1 is 1.19 bits per heavy atom. The lowest BCUT2D eigenvalue weighted by molar-refractivity contribution is 0.0852. The first-order valence-electron chi connectivity index (χ1n) is 6.08. The Morgan fingerprint density at radius 2 is 1.94 bits per heavy atom. The highest BCUT2D eigenvalue weighted by Crippen LogP contribution is 2.18. The molecular weight excluding hydrogens is 198 g/mol. The van der Waals surface area contributed by atoms with Gasteiger partial charge in [0, 0.05) is 5.56 Å². The van der Waals surface area contributed by atoms with Crippen LogP contribution in [0.5, 0.6) is 0 Å². The summed E-state index contributed by atoms with van der Waals surface area (Å²) in [4.78, 5) is 14.5. The van der Waals surface area contributed by atoms with Gasteiger partial charge in [-0.25, -0.2) is 0 Å². The third-order valence-corrected chi connectivity index (χ3v) is 3.38. The molecule has 0 unspecified atom stereocenters. The molecular formula is C14H19NO. The highest BCUT2D eigenvalue weighted by molar-refractivity contribution is 6.00. The van der Waals surface area contributed by atoms with Crippen LogP contribution in [0.15, 0.2) is 30.3 Å². The van der Waals surface area contributed by atoms with Gasteiger partial charge < -0.3 is 0 Å². The van der Waals surface area contributed by atoms with Crippen molar-refractivity contribution < 1.29 is 4.79 Å². The van der Waals surface area contributed by atoms with E-state index in [0.29, 0.717) is 0 Å². The maximum atomic E-state index is 12.3. The quantitative estimate of drug-likeness (QED) is 0.710. The zero-order valence-electron chi connectivity index (χ0n) is 9.86. The van der Waals surface area contributed by atoms with Crippen LogP contribution in [0.3, 0.4) is 0 Å². The van der Waals surface area contributed by atoms with Gasteiger partial charge >= 0.3 is 0 Å². The minimum Gasteiger partial charge on any atom is -0.296 e. The zero-order valence-corrected chi connectivity index (χ0v) is 9.86. The molecule has 0 N–H and O–H groups in total. The van der Waals surface area contributed by atoms with Crippen LogP contribution in [0.25, 0.3) is 0 Å². The lowest BCUT2D eigenvalue weighted by Crippen LogP contribution is -2.37. The van der Waals surface area contributed by atoms with E-state index < -0.39 is 0 Å². The van der Waals surface area contributed by atoms with Crippen molar-refractivity contribution in [2.45, 2.75) is 31.7 Å². The van der Waals surface area contributed by atoms with Gasteiger partial charge in [-0.3, -0.25) is 9.69 Å². The summed E-state index contributed by atoms with van der Waals surface area (Å²) < 4.78 is 0. The van der Waals surface area contributed by atoms with Gasteiger partial charge in [0.1, 0.15) is 0 Å². The molecule has 2 nitrogen and oxygen atoms in total. The monoisotopic (exact) mass is 217 g/mol. The summed E-state index contributed by atoms with van der Waals surface area (Å²) in [5.41, 5.74) is 0.848. The van der Waals surface area contributed by atoms with Crippen molar-refractivity contribution >= 4 is 5.78 Å². The Balaban J connectivity index is 2.14. The van der Waals surface area contributed by atoms with Gasteiger partial charge in [-0.2, -0.15) is 0 Å². The molecule has 1 heterocycles. The molecule has 1 atom stereocenters. The van der Waals surface area contributed by atoms with E-state index in [-0.39, 0.29) is 11.8 Å². The highest BCUT2D eigenvalue weighted by atomic mass is 16.1. The fourth-order valence-corrected chi connectivity index (χ4v) is 2.38. The number of carbonyl (C=O) groups excluding carboxylic acids is 1. The Labute approximate surface area is 97.3 Å². The van der Waals surface area contributed by atoms with Crippen molar-refractivity contribution in [3.8, 4) is 0 Å². The van der Waals surface area contributed by atoms with E-state index in [4.69, 9.17) is 0 Å². The number of likely N-dealkylation sites (N-methyl/N-ethyl adjacent to an activating group) is 1. The van der Waals surface area contributed by atoms with E-state index in [1.165, 1.54) is 19.3 Å². The Bertz CT molecular complexity index is 347. The highest BCUT2D eigenvalue weighted by Gasteiger charge is 2.25. The summed E-state index contributed by atoms with van der Waals surface area (Å²) >= 11 is 0. The lowest BCUT2D eigenvalue weighted by Gasteiger charge is -2.24. The number of hydrogen-bond acceptors (Lipinski definition) is 2. The molecule has 86 valence electrons. The molecule has 0 spiro atoms. The molecule has 2 heteroatoms. The SMILES string of the molecule is CN1CCCCC[C@H]1C(=O)c1ccccc1. The van der Waals surface area contributed by atoms with Crippen LogP contribution in [0.4, 0.5) is 0 Å². The van der Waals surface area contributed by atoms with E-state index in [9.17, 15) is 4.79 Å². The maximum Gasteiger partial charge on any atom is 0.179 e. The summed E-state index contributed by atoms with van der Waals surface area (Å²) in [5, 5.41) is 0. The largest absolute Gasteiger partial charge is 0.296 e. The summed E-state index contributed by atoms with van der Waals surface area (Å²) in [7, 11) is 2.07. The van der Waals surface area contributed by atoms with E-state index in [1.54, 1.807) is 0 Å². The molecule has 0 aliphatic carbocycles. The number of rotatable bonds is 2. The zero-order chi connectivity index (χ0) is 11.4. The van der Waals surface area contributed by atoms with Crippen molar-refractivity contribution in [1.29, 1.82) is 0 Å². The molecule has 0 amide bonds. The van der Waals surface area contributed by atoms with Crippen LogP contribution in [0.2, 0.25) is 0 Å². The number of nitrogens with zero attached hydrogens (tertiary/aromatic N) is 1. The predicted octanol–water partition coefficient (Wildman–Crippen LogP) is 2.74. The number of hydrogen-bond donors (Lipinski definition) is 0. The van der Waals surface area contributed by atoms with Crippen molar-refractivity contribution in [2.75, 3.05) is 13.6 Å². The number of Topliss-reactive ketones (excluding diaryl/α,β-unsaturated/α-hetero) is 1. The van der Waals surface area contributed by atoms with Crippen LogP contribution in [0, 0.1) is 0 Å². The lowest BCUT2D eigenvalue weighted by atomic mass is 9.99. The average molecular weight is 217 g/mol. The maximum absolute atomic E-state index is 12.3. The topological polar surface area (TPSA) is 20.3 Å². The summed E-state index contributed by atoms with van der Waals surface area (Å²) in [5.74, 6) is 0.282. The Hall–Kier alpha value is -1.15. The smallest absolute Gasteiger partial charge is 0.179 e. The van der Waals surface area contributed by atoms with Crippen LogP contribution >= 0.6 is 0 Å². The molecule has 2 rings (SSSR count). The minimum atomic E-state index is 0.0879. The molecule has 1 aliphatic rings. The summed E-state index contributed by atoms with van der Waals surface area (Å²) in [6.07, 6.45) is 4.65. The van der Waals surface area contributed by atoms with Crippen LogP contribution < -0.4 is 0 Å². The van der Waals surface area contributed by atoms with Gasteiger partial charge in [0.05, 0.1) is 6.04 Å². The average Bonchev–Trinajstić information content (AvgIpc) is 2.54. The molecule has 1 fully saturated rings. The van der Waals surface area contributed by atoms with Crippen LogP contribution in [0.1, 0.15) is 36.0 Å². The normalized spacial score (nSPS) is 22.7. The molecule has 1 saturated heterocycles. The first kappa shape index (κ1) is 11.3. The molecule has 0 bridgehead atoms. The van der Waals surface area contributed by atoms with Gasteiger partial charge in [-0.05, 0) is 26.4 Å². The fourth-order valence-electron chi connectivity index (χ4n) is 2.38. The van der Waals surface area contributed by atoms with Gasteiger partial charge in [-0.1, -0.05) is 43.2 Å². The predicted molar refractivity (Wildman–Crippen MR) is 65.7 cm³/mol. The van der Waals surface area contributed by atoms with E-state index in [1.807, 2.05) is 30.3 Å². The van der Waals surface area contributed by atoms with Crippen LogP contribution in [-0.2, 0) is 0 Å². The second-order valence-electron chi connectivity index (χ2n) is 4.58. The second kappa shape index (κ2) is 5.26. The minimum absolute atomic E-state index is 0.0879. The Morgan fingerprint density at radius 3 is 2.69 bits per heavy atom. The van der Waals surface area contributed by atoms with E-state index in [0.717, 1.165) is 18.5 Å². The first-order chi connectivity index (χ1) is 7.79. The van der Waals surface area contributed by atoms with E-state index in [2.05, 4.69) is 11.9 Å². The second-order valence-corrected chi connectivity index (χ2v) is 4.58. The first-order valence-corrected chi connectivity index (χ1v) is 6.08. The number of likely N-dealkylation sites (tertiary alicyclic amines) is 1. The molecule has 0 radical (unpaired) electrons. The third kappa shape index (κ3) is 2.50. The van der Waals surface area contributed by atoms with Crippen molar-refractivity contribution in [1.82, 2.24) is 4.90 Å². The third-order valence-electron chi connectivity index (χ3n) is 3.38. The van der Waals surface area contributed by atoms with Gasteiger partial charge in [0.2, 0.25) is 0 Å². The number of carbonyl (C=O) groups is 1. The number of ketones is 1. The molecule has 16 heavy (non-hydrogen) atoms. The Kier molecular flexibility index (Phi) is 3.73. The standard InChI is InChI=1S/C14H19NO/c1-15-11-7-3-6-10-13(15)14(16)12-8-4-2-5-9-12/h2,4-5,8-9,13H,3,6-7,10-11H2,1H3/t13-/m0/s1. The van der Waals surface area contributed by atoms with Crippen molar-refractivity contribution in [2.24, 2.45) is 0 Å². The molecule has 1 aromatic rings. The molecule has 1 aliphatic heterocycles. The van der Waals surface area contributed by atoms with E-state index >= 15 is 0 Å². The van der Waals surface area contributed by atoms with Crippen molar-refractivity contribution in [3.05, 3.63) is 35.9 Å². The fraction of sp³-hybridized carbons (Fsp3) is 0.500. The molecule has 0 aromatic heterocycles. The van der Waals surface area contributed by atoms with Gasteiger partial charge in [0.15, 0.2) is 5.78 Å². The van der Waals surface area contributed by atoms with Gasteiger partial charge in [0.25, 0.3) is 0 Å².